The fourth-order valence-corrected chi connectivity index (χ4v) is 4.44. The number of hydrogen-bond acceptors (Lipinski definition) is 6. The number of pyridine rings is 1. The molecule has 0 bridgehead atoms. The molecule has 5 rings (SSSR count). The molecule has 5 aromatic rings. The summed E-state index contributed by atoms with van der Waals surface area (Å²) in [6, 6.07) is 16.2. The average molecular weight is 453 g/mol. The number of aromatic nitrogens is 4. The van der Waals surface area contributed by atoms with Gasteiger partial charge in [0.2, 0.25) is 5.88 Å². The SMILES string of the molecule is COc1nc2c(ncn2C)c2c1c(C#N)c(N)n2-c1c(C)ccc(OCc2ccccc2)c1C. The predicted octanol–water partition coefficient (Wildman–Crippen LogP) is 4.57. The highest BCUT2D eigenvalue weighted by molar-refractivity contribution is 6.09. The van der Waals surface area contributed by atoms with Gasteiger partial charge in [-0.2, -0.15) is 10.2 Å². The Bertz CT molecular complexity index is 1590. The minimum Gasteiger partial charge on any atom is -0.489 e. The molecule has 3 aromatic heterocycles. The number of fused-ring (bicyclic) bond motifs is 3. The Morgan fingerprint density at radius 3 is 2.59 bits per heavy atom. The molecular formula is C26H24N6O2. The van der Waals surface area contributed by atoms with Crippen molar-refractivity contribution in [3.8, 4) is 23.4 Å². The largest absolute Gasteiger partial charge is 0.489 e. The highest BCUT2D eigenvalue weighted by Gasteiger charge is 2.27. The minimum atomic E-state index is 0.307. The topological polar surface area (TPSA) is 104 Å². The van der Waals surface area contributed by atoms with Crippen LogP contribution in [0.1, 0.15) is 22.3 Å². The molecule has 2 aromatic carbocycles. The summed E-state index contributed by atoms with van der Waals surface area (Å²) in [6.45, 7) is 4.44. The van der Waals surface area contributed by atoms with Gasteiger partial charge in [-0.1, -0.05) is 36.4 Å². The van der Waals surface area contributed by atoms with Crippen LogP contribution in [0.15, 0.2) is 48.8 Å². The summed E-state index contributed by atoms with van der Waals surface area (Å²) in [5, 5.41) is 10.5. The van der Waals surface area contributed by atoms with Crippen molar-refractivity contribution in [2.24, 2.45) is 7.05 Å². The summed E-state index contributed by atoms with van der Waals surface area (Å²) >= 11 is 0. The van der Waals surface area contributed by atoms with Gasteiger partial charge in [-0.15, -0.1) is 0 Å². The van der Waals surface area contributed by atoms with E-state index in [0.29, 0.717) is 45.9 Å². The smallest absolute Gasteiger partial charge is 0.226 e. The van der Waals surface area contributed by atoms with Gasteiger partial charge in [-0.3, -0.25) is 4.57 Å². The Hall–Kier alpha value is -4.51. The van der Waals surface area contributed by atoms with Gasteiger partial charge in [0.1, 0.15) is 35.3 Å². The molecule has 8 heteroatoms. The zero-order chi connectivity index (χ0) is 24.0. The number of rotatable bonds is 5. The van der Waals surface area contributed by atoms with Crippen molar-refractivity contribution in [2.75, 3.05) is 12.8 Å². The van der Waals surface area contributed by atoms with Crippen molar-refractivity contribution in [2.45, 2.75) is 20.5 Å². The van der Waals surface area contributed by atoms with Crippen molar-refractivity contribution in [3.63, 3.8) is 0 Å². The summed E-state index contributed by atoms with van der Waals surface area (Å²) < 4.78 is 15.5. The summed E-state index contributed by atoms with van der Waals surface area (Å²) in [5.41, 5.74) is 12.7. The Kier molecular flexibility index (Phi) is 5.10. The van der Waals surface area contributed by atoms with Crippen molar-refractivity contribution >= 4 is 27.9 Å². The first-order chi connectivity index (χ1) is 16.5. The number of anilines is 1. The Balaban J connectivity index is 1.79. The van der Waals surface area contributed by atoms with Gasteiger partial charge in [0, 0.05) is 12.6 Å². The molecule has 0 aliphatic heterocycles. The lowest BCUT2D eigenvalue weighted by Crippen LogP contribution is -2.07. The maximum absolute atomic E-state index is 10.0. The third-order valence-electron chi connectivity index (χ3n) is 6.11. The highest BCUT2D eigenvalue weighted by Crippen LogP contribution is 2.41. The average Bonchev–Trinajstić information content (AvgIpc) is 3.35. The van der Waals surface area contributed by atoms with Crippen LogP contribution in [-0.2, 0) is 13.7 Å². The monoisotopic (exact) mass is 452 g/mol. The van der Waals surface area contributed by atoms with Crippen LogP contribution in [0.4, 0.5) is 5.82 Å². The second-order valence-electron chi connectivity index (χ2n) is 8.21. The van der Waals surface area contributed by atoms with E-state index in [9.17, 15) is 5.26 Å². The number of nitrogen functional groups attached to an aromatic ring is 1. The molecule has 0 saturated heterocycles. The van der Waals surface area contributed by atoms with Gasteiger partial charge in [0.25, 0.3) is 0 Å². The van der Waals surface area contributed by atoms with Crippen LogP contribution in [0.3, 0.4) is 0 Å². The van der Waals surface area contributed by atoms with Crippen molar-refractivity contribution in [1.29, 1.82) is 5.26 Å². The number of ether oxygens (including phenoxy) is 2. The van der Waals surface area contributed by atoms with Crippen LogP contribution >= 0.6 is 0 Å². The van der Waals surface area contributed by atoms with E-state index in [1.165, 1.54) is 7.11 Å². The maximum Gasteiger partial charge on any atom is 0.226 e. The molecular weight excluding hydrogens is 428 g/mol. The molecule has 34 heavy (non-hydrogen) atoms. The molecule has 0 amide bonds. The van der Waals surface area contributed by atoms with Gasteiger partial charge >= 0.3 is 0 Å². The van der Waals surface area contributed by atoms with E-state index in [1.54, 1.807) is 6.33 Å². The van der Waals surface area contributed by atoms with E-state index >= 15 is 0 Å². The number of hydrogen-bond donors (Lipinski definition) is 1. The van der Waals surface area contributed by atoms with Gasteiger partial charge in [0.15, 0.2) is 5.65 Å². The lowest BCUT2D eigenvalue weighted by molar-refractivity contribution is 0.304. The Labute approximate surface area is 196 Å². The molecule has 3 heterocycles. The van der Waals surface area contributed by atoms with Crippen LogP contribution in [0.5, 0.6) is 11.6 Å². The van der Waals surface area contributed by atoms with Crippen LogP contribution in [0, 0.1) is 25.2 Å². The van der Waals surface area contributed by atoms with Crippen LogP contribution in [0.2, 0.25) is 0 Å². The van der Waals surface area contributed by atoms with E-state index in [4.69, 9.17) is 15.2 Å². The van der Waals surface area contributed by atoms with Crippen LogP contribution in [0.25, 0.3) is 27.8 Å². The molecule has 0 atom stereocenters. The fraction of sp³-hybridized carbons (Fsp3) is 0.192. The maximum atomic E-state index is 10.0. The quantitative estimate of drug-likeness (QED) is 0.419. The van der Waals surface area contributed by atoms with Gasteiger partial charge < -0.3 is 19.8 Å². The standard InChI is InChI=1S/C26H24N6O2/c1-15-10-11-19(34-13-17-8-6-5-7-9-17)16(2)22(15)32-23-20(18(12-27)24(32)28)26(33-4)30-25-21(23)29-14-31(25)3/h5-11,14H,13,28H2,1-4H3. The van der Waals surface area contributed by atoms with Crippen molar-refractivity contribution < 1.29 is 9.47 Å². The van der Waals surface area contributed by atoms with Gasteiger partial charge in [-0.25, -0.2) is 4.98 Å². The Morgan fingerprint density at radius 2 is 1.88 bits per heavy atom. The zero-order valence-electron chi connectivity index (χ0n) is 19.5. The minimum absolute atomic E-state index is 0.307. The molecule has 2 N–H and O–H groups in total. The summed E-state index contributed by atoms with van der Waals surface area (Å²) in [6.07, 6.45) is 1.69. The number of nitrogens with two attached hydrogens (primary N) is 1. The molecule has 0 fully saturated rings. The Morgan fingerprint density at radius 1 is 1.12 bits per heavy atom. The summed E-state index contributed by atoms with van der Waals surface area (Å²) in [7, 11) is 3.40. The number of imidazole rings is 1. The van der Waals surface area contributed by atoms with E-state index in [0.717, 1.165) is 28.1 Å². The van der Waals surface area contributed by atoms with Gasteiger partial charge in [0.05, 0.1) is 30.0 Å². The normalized spacial score (nSPS) is 11.1. The van der Waals surface area contributed by atoms with Gasteiger partial charge in [-0.05, 0) is 31.0 Å². The number of methoxy groups -OCH3 is 1. The highest BCUT2D eigenvalue weighted by atomic mass is 16.5. The zero-order valence-corrected chi connectivity index (χ0v) is 19.5. The molecule has 0 unspecified atom stereocenters. The number of nitriles is 1. The van der Waals surface area contributed by atoms with E-state index in [-0.39, 0.29) is 0 Å². The van der Waals surface area contributed by atoms with Crippen molar-refractivity contribution in [1.82, 2.24) is 19.1 Å². The summed E-state index contributed by atoms with van der Waals surface area (Å²) in [5.74, 6) is 1.38. The first kappa shape index (κ1) is 21.3. The van der Waals surface area contributed by atoms with Crippen LogP contribution < -0.4 is 15.2 Å². The molecule has 0 radical (unpaired) electrons. The van der Waals surface area contributed by atoms with Crippen LogP contribution in [-0.4, -0.2) is 26.2 Å². The first-order valence-corrected chi connectivity index (χ1v) is 10.8. The van der Waals surface area contributed by atoms with E-state index in [2.05, 4.69) is 16.0 Å². The van der Waals surface area contributed by atoms with E-state index in [1.807, 2.05) is 72.5 Å². The number of nitrogens with zero attached hydrogens (tertiary/aromatic N) is 5. The molecule has 0 aliphatic carbocycles. The molecule has 0 aliphatic rings. The third-order valence-corrected chi connectivity index (χ3v) is 6.11. The second kappa shape index (κ2) is 8.12. The summed E-state index contributed by atoms with van der Waals surface area (Å²) in [4.78, 5) is 9.18. The first-order valence-electron chi connectivity index (χ1n) is 10.8. The lowest BCUT2D eigenvalue weighted by atomic mass is 10.1. The van der Waals surface area contributed by atoms with Crippen molar-refractivity contribution in [3.05, 3.63) is 71.0 Å². The molecule has 170 valence electrons. The number of benzene rings is 2. The third kappa shape index (κ3) is 3.13. The number of aryl methyl sites for hydroxylation is 2. The molecule has 0 saturated carbocycles. The fourth-order valence-electron chi connectivity index (χ4n) is 4.44. The van der Waals surface area contributed by atoms with E-state index < -0.39 is 0 Å². The lowest BCUT2D eigenvalue weighted by Gasteiger charge is -2.18. The molecule has 8 nitrogen and oxygen atoms in total. The predicted molar refractivity (Wildman–Crippen MR) is 131 cm³/mol. The second-order valence-corrected chi connectivity index (χ2v) is 8.21. The molecule has 0 spiro atoms.